The number of rotatable bonds is 6. The lowest BCUT2D eigenvalue weighted by atomic mass is 9.96. The molecule has 112 valence electrons. The molecule has 0 fully saturated rings. The molecule has 0 N–H and O–H groups in total. The predicted octanol–water partition coefficient (Wildman–Crippen LogP) is 3.14. The quantitative estimate of drug-likeness (QED) is 0.596. The monoisotopic (exact) mass is 288 g/mol. The number of esters is 2. The van der Waals surface area contributed by atoms with Crippen LogP contribution in [0.15, 0.2) is 54.6 Å². The summed E-state index contributed by atoms with van der Waals surface area (Å²) in [7, 11) is 0. The molecule has 1 unspecified atom stereocenters. The normalized spacial score (nSPS) is 12.9. The third-order valence-electron chi connectivity index (χ3n) is 2.88. The van der Waals surface area contributed by atoms with Crippen molar-refractivity contribution in [3.05, 3.63) is 60.2 Å². The number of hydrogen-bond donors (Lipinski definition) is 0. The maximum absolute atomic E-state index is 11.8. The van der Waals surface area contributed by atoms with Gasteiger partial charge in [-0.05, 0) is 26.3 Å². The average molecular weight is 288 g/mol. The molecule has 0 aliphatic carbocycles. The van der Waals surface area contributed by atoms with E-state index in [0.717, 1.165) is 5.56 Å². The van der Waals surface area contributed by atoms with Crippen molar-refractivity contribution in [2.24, 2.45) is 0 Å². The van der Waals surface area contributed by atoms with Crippen LogP contribution in [0, 0.1) is 0 Å². The highest BCUT2D eigenvalue weighted by Crippen LogP contribution is 2.27. The van der Waals surface area contributed by atoms with Crippen molar-refractivity contribution in [3.8, 4) is 0 Å². The van der Waals surface area contributed by atoms with Crippen LogP contribution in [-0.4, -0.2) is 18.5 Å². The Labute approximate surface area is 125 Å². The Bertz CT molecular complexity index is 559. The van der Waals surface area contributed by atoms with Crippen LogP contribution >= 0.6 is 0 Å². The Morgan fingerprint density at radius 1 is 1.05 bits per heavy atom. The van der Waals surface area contributed by atoms with Crippen molar-refractivity contribution < 1.29 is 19.1 Å². The van der Waals surface area contributed by atoms with Gasteiger partial charge in [-0.25, -0.2) is 9.59 Å². The van der Waals surface area contributed by atoms with Crippen molar-refractivity contribution in [2.45, 2.75) is 26.4 Å². The average Bonchev–Trinajstić information content (AvgIpc) is 2.45. The van der Waals surface area contributed by atoms with Crippen molar-refractivity contribution >= 4 is 11.9 Å². The third-order valence-corrected chi connectivity index (χ3v) is 2.88. The molecule has 0 radical (unpaired) electrons. The number of ether oxygens (including phenoxy) is 2. The van der Waals surface area contributed by atoms with E-state index in [4.69, 9.17) is 9.47 Å². The van der Waals surface area contributed by atoms with E-state index in [1.54, 1.807) is 32.9 Å². The van der Waals surface area contributed by atoms with Crippen LogP contribution in [0.25, 0.3) is 0 Å². The first kappa shape index (κ1) is 16.7. The van der Waals surface area contributed by atoms with Crippen molar-refractivity contribution in [2.75, 3.05) is 6.61 Å². The van der Waals surface area contributed by atoms with Crippen LogP contribution in [-0.2, 0) is 24.7 Å². The van der Waals surface area contributed by atoms with Gasteiger partial charge >= 0.3 is 11.9 Å². The van der Waals surface area contributed by atoms with Gasteiger partial charge in [-0.3, -0.25) is 0 Å². The van der Waals surface area contributed by atoms with E-state index in [1.807, 2.05) is 18.2 Å². The highest BCUT2D eigenvalue weighted by atomic mass is 16.6. The number of carbonyl (C=O) groups excluding carboxylic acids is 2. The summed E-state index contributed by atoms with van der Waals surface area (Å²) in [5, 5.41) is 0. The Kier molecular flexibility index (Phi) is 5.47. The molecule has 1 rings (SSSR count). The van der Waals surface area contributed by atoms with Gasteiger partial charge in [0.1, 0.15) is 6.61 Å². The van der Waals surface area contributed by atoms with Gasteiger partial charge in [0.15, 0.2) is 5.60 Å². The van der Waals surface area contributed by atoms with Crippen LogP contribution in [0.3, 0.4) is 0 Å². The molecule has 0 bridgehead atoms. The van der Waals surface area contributed by atoms with Gasteiger partial charge in [0.2, 0.25) is 0 Å². The van der Waals surface area contributed by atoms with Crippen molar-refractivity contribution in [1.29, 1.82) is 0 Å². The minimum absolute atomic E-state index is 0.0955. The molecule has 0 saturated heterocycles. The first-order valence-electron chi connectivity index (χ1n) is 6.53. The Morgan fingerprint density at radius 3 is 2.05 bits per heavy atom. The molecule has 0 saturated carbocycles. The van der Waals surface area contributed by atoms with Crippen LogP contribution in [0.1, 0.15) is 26.3 Å². The summed E-state index contributed by atoms with van der Waals surface area (Å²) in [6.45, 7) is 11.8. The maximum Gasteiger partial charge on any atom is 0.334 e. The third kappa shape index (κ3) is 4.60. The first-order valence-corrected chi connectivity index (χ1v) is 6.53. The SMILES string of the molecule is C=C(C)C(=O)OCC(C)(OC(=O)C(=C)C)c1ccccc1. The van der Waals surface area contributed by atoms with E-state index in [-0.39, 0.29) is 17.8 Å². The fraction of sp³-hybridized carbons (Fsp3) is 0.294. The van der Waals surface area contributed by atoms with E-state index in [9.17, 15) is 9.59 Å². The van der Waals surface area contributed by atoms with E-state index in [1.165, 1.54) is 0 Å². The second-order valence-electron chi connectivity index (χ2n) is 5.12. The lowest BCUT2D eigenvalue weighted by molar-refractivity contribution is -0.167. The summed E-state index contributed by atoms with van der Waals surface area (Å²) in [5.41, 5.74) is 0.219. The van der Waals surface area contributed by atoms with Gasteiger partial charge in [0.25, 0.3) is 0 Å². The Hall–Kier alpha value is -2.36. The van der Waals surface area contributed by atoms with Crippen LogP contribution < -0.4 is 0 Å². The molecule has 1 atom stereocenters. The number of carbonyl (C=O) groups is 2. The molecule has 4 nitrogen and oxygen atoms in total. The molecular weight excluding hydrogens is 268 g/mol. The van der Waals surface area contributed by atoms with Gasteiger partial charge in [0, 0.05) is 11.1 Å². The van der Waals surface area contributed by atoms with E-state index < -0.39 is 17.5 Å². The number of benzene rings is 1. The molecule has 1 aromatic rings. The van der Waals surface area contributed by atoms with E-state index in [2.05, 4.69) is 13.2 Å². The second-order valence-corrected chi connectivity index (χ2v) is 5.12. The summed E-state index contributed by atoms with van der Waals surface area (Å²) in [6.07, 6.45) is 0. The minimum Gasteiger partial charge on any atom is -0.458 e. The van der Waals surface area contributed by atoms with E-state index in [0.29, 0.717) is 0 Å². The van der Waals surface area contributed by atoms with Gasteiger partial charge in [-0.1, -0.05) is 43.5 Å². The lowest BCUT2D eigenvalue weighted by Gasteiger charge is -2.29. The fourth-order valence-corrected chi connectivity index (χ4v) is 1.58. The molecule has 0 aliphatic heterocycles. The van der Waals surface area contributed by atoms with Crippen molar-refractivity contribution in [1.82, 2.24) is 0 Å². The zero-order chi connectivity index (χ0) is 16.0. The number of hydrogen-bond acceptors (Lipinski definition) is 4. The summed E-state index contributed by atoms with van der Waals surface area (Å²) < 4.78 is 10.6. The van der Waals surface area contributed by atoms with Gasteiger partial charge in [-0.15, -0.1) is 0 Å². The molecular formula is C17H20O4. The largest absolute Gasteiger partial charge is 0.458 e. The molecule has 4 heteroatoms. The van der Waals surface area contributed by atoms with Crippen LogP contribution in [0.4, 0.5) is 0 Å². The zero-order valence-electron chi connectivity index (χ0n) is 12.6. The maximum atomic E-state index is 11.8. The zero-order valence-corrected chi connectivity index (χ0v) is 12.6. The Balaban J connectivity index is 2.99. The van der Waals surface area contributed by atoms with Crippen molar-refractivity contribution in [3.63, 3.8) is 0 Å². The lowest BCUT2D eigenvalue weighted by Crippen LogP contribution is -2.35. The highest BCUT2D eigenvalue weighted by molar-refractivity contribution is 5.88. The smallest absolute Gasteiger partial charge is 0.334 e. The summed E-state index contributed by atoms with van der Waals surface area (Å²) >= 11 is 0. The molecule has 0 heterocycles. The molecule has 0 aromatic heterocycles. The minimum atomic E-state index is -1.08. The summed E-state index contributed by atoms with van der Waals surface area (Å²) in [6, 6.07) is 9.11. The highest BCUT2D eigenvalue weighted by Gasteiger charge is 2.33. The van der Waals surface area contributed by atoms with Gasteiger partial charge in [-0.2, -0.15) is 0 Å². The Morgan fingerprint density at radius 2 is 1.57 bits per heavy atom. The first-order chi connectivity index (χ1) is 9.76. The predicted molar refractivity (Wildman–Crippen MR) is 80.5 cm³/mol. The second kappa shape index (κ2) is 6.88. The van der Waals surface area contributed by atoms with Crippen LogP contribution in [0.2, 0.25) is 0 Å². The molecule has 0 amide bonds. The molecule has 1 aromatic carbocycles. The molecule has 0 aliphatic rings. The fourth-order valence-electron chi connectivity index (χ4n) is 1.58. The summed E-state index contributed by atoms with van der Waals surface area (Å²) in [5.74, 6) is -1.06. The van der Waals surface area contributed by atoms with Gasteiger partial charge < -0.3 is 9.47 Å². The topological polar surface area (TPSA) is 52.6 Å². The molecule has 21 heavy (non-hydrogen) atoms. The standard InChI is InChI=1S/C17H20O4/c1-12(2)15(18)20-11-17(5,21-16(19)13(3)4)14-9-7-6-8-10-14/h6-10H,1,3,11H2,2,4-5H3. The molecule has 0 spiro atoms. The van der Waals surface area contributed by atoms with Gasteiger partial charge in [0.05, 0.1) is 0 Å². The summed E-state index contributed by atoms with van der Waals surface area (Å²) in [4.78, 5) is 23.4. The van der Waals surface area contributed by atoms with Crippen LogP contribution in [0.5, 0.6) is 0 Å². The van der Waals surface area contributed by atoms with E-state index >= 15 is 0 Å².